The zero-order valence-electron chi connectivity index (χ0n) is 20.6. The Hall–Kier alpha value is -3.75. The van der Waals surface area contributed by atoms with E-state index in [-0.39, 0.29) is 41.6 Å². The van der Waals surface area contributed by atoms with Crippen LogP contribution >= 0.6 is 0 Å². The van der Waals surface area contributed by atoms with Crippen LogP contribution in [0.3, 0.4) is 0 Å². The fourth-order valence-corrected chi connectivity index (χ4v) is 4.06. The normalized spacial score (nSPS) is 16.4. The van der Waals surface area contributed by atoms with Crippen LogP contribution in [-0.4, -0.2) is 63.3 Å². The van der Waals surface area contributed by atoms with Gasteiger partial charge in [0, 0.05) is 31.3 Å². The maximum atomic E-state index is 12.9. The molecule has 0 bridgehead atoms. The molecule has 4 heterocycles. The molecule has 0 spiro atoms. The van der Waals surface area contributed by atoms with E-state index in [1.165, 1.54) is 6.20 Å². The van der Waals surface area contributed by atoms with Crippen LogP contribution < -0.4 is 10.1 Å². The number of aromatic nitrogens is 4. The van der Waals surface area contributed by atoms with Gasteiger partial charge in [-0.1, -0.05) is 5.16 Å². The quantitative estimate of drug-likeness (QED) is 0.378. The Balaban J connectivity index is 1.30. The van der Waals surface area contributed by atoms with E-state index in [1.54, 1.807) is 24.0 Å². The van der Waals surface area contributed by atoms with Crippen LogP contribution in [0.2, 0.25) is 0 Å². The van der Waals surface area contributed by atoms with Gasteiger partial charge in [-0.25, -0.2) is 9.97 Å². The molecular weight excluding hydrogens is 534 g/mol. The molecule has 4 rings (SSSR count). The lowest BCUT2D eigenvalue weighted by atomic mass is 10.1. The van der Waals surface area contributed by atoms with Crippen molar-refractivity contribution in [2.45, 2.75) is 38.5 Å². The Morgan fingerprint density at radius 3 is 2.56 bits per heavy atom. The molecule has 1 aliphatic heterocycles. The SMILES string of the molecule is Cc1noc(Cc2cnc(C(F)(F)F)cn2)c1C(=O)Nc1ccc(OC[C@@H]2CCN(CCC(F)(F)F)C2)nc1. The van der Waals surface area contributed by atoms with Gasteiger partial charge < -0.3 is 19.5 Å². The molecule has 1 atom stereocenters. The number of rotatable bonds is 9. The van der Waals surface area contributed by atoms with Crippen LogP contribution in [-0.2, 0) is 12.6 Å². The number of carbonyl (C=O) groups excluding carboxylic acids is 1. The number of ether oxygens (including phenoxy) is 1. The maximum absolute atomic E-state index is 12.9. The van der Waals surface area contributed by atoms with Crippen molar-refractivity contribution in [1.82, 2.24) is 25.0 Å². The smallest absolute Gasteiger partial charge is 0.434 e. The van der Waals surface area contributed by atoms with Gasteiger partial charge in [-0.15, -0.1) is 0 Å². The first-order valence-electron chi connectivity index (χ1n) is 11.9. The van der Waals surface area contributed by atoms with Crippen LogP contribution in [0, 0.1) is 12.8 Å². The van der Waals surface area contributed by atoms with Gasteiger partial charge in [-0.2, -0.15) is 26.3 Å². The predicted octanol–water partition coefficient (Wildman–Crippen LogP) is 4.68. The Morgan fingerprint density at radius 1 is 1.13 bits per heavy atom. The summed E-state index contributed by atoms with van der Waals surface area (Å²) in [4.78, 5) is 25.9. The van der Waals surface area contributed by atoms with Gasteiger partial charge in [0.25, 0.3) is 5.91 Å². The first kappa shape index (κ1) is 28.3. The molecular formula is C24H24F6N6O3. The number of carbonyl (C=O) groups is 1. The standard InChI is InChI=1S/C24H24F6N6O3/c1-14-21(18(39-35-14)8-17-10-32-19(11-31-17)24(28,29)30)22(37)34-16-2-3-20(33-9-16)38-13-15-4-6-36(12-15)7-5-23(25,26)27/h2-3,9-11,15H,4-8,12-13H2,1H3,(H,34,37)/t15-/m1/s1. The number of hydrogen-bond donors (Lipinski definition) is 1. The van der Waals surface area contributed by atoms with E-state index in [2.05, 4.69) is 25.4 Å². The fourth-order valence-electron chi connectivity index (χ4n) is 4.06. The van der Waals surface area contributed by atoms with Crippen molar-refractivity contribution in [2.24, 2.45) is 5.92 Å². The maximum Gasteiger partial charge on any atom is 0.434 e. The predicted molar refractivity (Wildman–Crippen MR) is 124 cm³/mol. The second-order valence-corrected chi connectivity index (χ2v) is 9.10. The summed E-state index contributed by atoms with van der Waals surface area (Å²) in [5.74, 6) is -0.0787. The van der Waals surface area contributed by atoms with Crippen LogP contribution in [0.4, 0.5) is 32.0 Å². The van der Waals surface area contributed by atoms with E-state index < -0.39 is 30.4 Å². The molecule has 9 nitrogen and oxygen atoms in total. The van der Waals surface area contributed by atoms with Crippen molar-refractivity contribution in [1.29, 1.82) is 0 Å². The lowest BCUT2D eigenvalue weighted by molar-refractivity contribution is -0.141. The molecule has 1 N–H and O–H groups in total. The summed E-state index contributed by atoms with van der Waals surface area (Å²) in [5, 5.41) is 6.43. The van der Waals surface area contributed by atoms with Gasteiger partial charge in [0.05, 0.1) is 48.9 Å². The first-order valence-corrected chi connectivity index (χ1v) is 11.9. The molecule has 0 unspecified atom stereocenters. The molecule has 1 saturated heterocycles. The molecule has 0 aliphatic carbocycles. The highest BCUT2D eigenvalue weighted by Crippen LogP contribution is 2.27. The minimum absolute atomic E-state index is 0.0300. The molecule has 1 amide bonds. The Bertz CT molecular complexity index is 1260. The van der Waals surface area contributed by atoms with Crippen molar-refractivity contribution in [3.8, 4) is 5.88 Å². The molecule has 39 heavy (non-hydrogen) atoms. The summed E-state index contributed by atoms with van der Waals surface area (Å²) in [6.07, 6.45) is -6.08. The van der Waals surface area contributed by atoms with E-state index in [4.69, 9.17) is 9.26 Å². The van der Waals surface area contributed by atoms with Gasteiger partial charge in [0.2, 0.25) is 5.88 Å². The average molecular weight is 558 g/mol. The minimum Gasteiger partial charge on any atom is -0.477 e. The van der Waals surface area contributed by atoms with Gasteiger partial charge in [-0.05, 0) is 26.0 Å². The summed E-state index contributed by atoms with van der Waals surface area (Å²) < 4.78 is 86.2. The van der Waals surface area contributed by atoms with Crippen molar-refractivity contribution in [3.63, 3.8) is 0 Å². The Morgan fingerprint density at radius 2 is 1.92 bits per heavy atom. The summed E-state index contributed by atoms with van der Waals surface area (Å²) in [7, 11) is 0. The molecule has 0 saturated carbocycles. The number of pyridine rings is 1. The Kier molecular flexibility index (Phi) is 8.37. The molecule has 3 aromatic rings. The summed E-state index contributed by atoms with van der Waals surface area (Å²) in [6.45, 7) is 2.92. The zero-order chi connectivity index (χ0) is 28.2. The summed E-state index contributed by atoms with van der Waals surface area (Å²) >= 11 is 0. The first-order chi connectivity index (χ1) is 18.4. The monoisotopic (exact) mass is 558 g/mol. The van der Waals surface area contributed by atoms with Crippen molar-refractivity contribution >= 4 is 11.6 Å². The van der Waals surface area contributed by atoms with Crippen molar-refractivity contribution in [3.05, 3.63) is 59.1 Å². The van der Waals surface area contributed by atoms with E-state index in [0.717, 1.165) is 12.6 Å². The highest BCUT2D eigenvalue weighted by molar-refractivity contribution is 6.05. The second-order valence-electron chi connectivity index (χ2n) is 9.10. The van der Waals surface area contributed by atoms with Gasteiger partial charge >= 0.3 is 12.4 Å². The van der Waals surface area contributed by atoms with E-state index in [1.807, 2.05) is 0 Å². The highest BCUT2D eigenvalue weighted by Gasteiger charge is 2.33. The van der Waals surface area contributed by atoms with E-state index in [9.17, 15) is 31.1 Å². The lowest BCUT2D eigenvalue weighted by Crippen LogP contribution is -2.27. The zero-order valence-corrected chi connectivity index (χ0v) is 20.6. The van der Waals surface area contributed by atoms with Crippen LogP contribution in [0.15, 0.2) is 35.2 Å². The fraction of sp³-hybridized carbons (Fsp3) is 0.458. The van der Waals surface area contributed by atoms with Crippen molar-refractivity contribution in [2.75, 3.05) is 31.6 Å². The average Bonchev–Trinajstić information content (AvgIpc) is 3.48. The molecule has 3 aromatic heterocycles. The number of hydrogen-bond acceptors (Lipinski definition) is 8. The molecule has 0 aromatic carbocycles. The molecule has 15 heteroatoms. The molecule has 0 radical (unpaired) electrons. The number of anilines is 1. The second kappa shape index (κ2) is 11.6. The number of halogens is 6. The van der Waals surface area contributed by atoms with Gasteiger partial charge in [0.15, 0.2) is 11.5 Å². The number of alkyl halides is 6. The van der Waals surface area contributed by atoms with Crippen LogP contribution in [0.1, 0.15) is 46.0 Å². The number of nitrogens with zero attached hydrogens (tertiary/aromatic N) is 5. The van der Waals surface area contributed by atoms with Crippen LogP contribution in [0.5, 0.6) is 5.88 Å². The Labute approximate surface area is 218 Å². The third-order valence-corrected chi connectivity index (χ3v) is 6.04. The molecule has 1 fully saturated rings. The number of likely N-dealkylation sites (tertiary alicyclic amines) is 1. The molecule has 1 aliphatic rings. The number of aryl methyl sites for hydroxylation is 1. The topological polar surface area (TPSA) is 106 Å². The highest BCUT2D eigenvalue weighted by atomic mass is 19.4. The van der Waals surface area contributed by atoms with Gasteiger partial charge in [0.1, 0.15) is 5.56 Å². The minimum atomic E-state index is -4.62. The van der Waals surface area contributed by atoms with E-state index >= 15 is 0 Å². The lowest BCUT2D eigenvalue weighted by Gasteiger charge is -2.17. The number of nitrogens with one attached hydrogen (secondary N) is 1. The van der Waals surface area contributed by atoms with Crippen LogP contribution in [0.25, 0.3) is 0 Å². The molecule has 210 valence electrons. The largest absolute Gasteiger partial charge is 0.477 e. The third kappa shape index (κ3) is 7.88. The van der Waals surface area contributed by atoms with Crippen molar-refractivity contribution < 1.29 is 40.4 Å². The van der Waals surface area contributed by atoms with E-state index in [0.29, 0.717) is 37.5 Å². The third-order valence-electron chi connectivity index (χ3n) is 6.04. The summed E-state index contributed by atoms with van der Waals surface area (Å²) in [5.41, 5.74) is -0.261. The summed E-state index contributed by atoms with van der Waals surface area (Å²) in [6, 6.07) is 3.11. The number of amides is 1. The van der Waals surface area contributed by atoms with Gasteiger partial charge in [-0.3, -0.25) is 9.78 Å².